The number of carbonyl (C=O) groups is 2. The molecule has 1 saturated heterocycles. The fraction of sp³-hybridized carbons (Fsp3) is 0.286. The Hall–Kier alpha value is -3.15. The molecule has 0 bridgehead atoms. The highest BCUT2D eigenvalue weighted by Gasteiger charge is 2.25. The second-order valence-electron chi connectivity index (χ2n) is 6.87. The predicted octanol–water partition coefficient (Wildman–Crippen LogP) is 3.04. The normalized spacial score (nSPS) is 14.6. The number of fused-ring (bicyclic) bond motifs is 1. The van der Waals surface area contributed by atoms with Crippen molar-refractivity contribution in [3.63, 3.8) is 0 Å². The highest BCUT2D eigenvalue weighted by Crippen LogP contribution is 2.19. The van der Waals surface area contributed by atoms with Gasteiger partial charge in [0.1, 0.15) is 5.52 Å². The summed E-state index contributed by atoms with van der Waals surface area (Å²) in [7, 11) is 0. The van der Waals surface area contributed by atoms with E-state index in [0.29, 0.717) is 54.3 Å². The number of piperazine rings is 1. The standard InChI is InChI=1S/C21H21N3O3/c1-14-3-5-16(6-4-14)20(25)23-9-11-24(12-10-23)21(26)17-7-8-19-18(13-17)22-15(2)27-19/h3-8,13H,9-12H2,1-2H3. The highest BCUT2D eigenvalue weighted by molar-refractivity contribution is 5.98. The van der Waals surface area contributed by atoms with Crippen molar-refractivity contribution in [2.75, 3.05) is 26.2 Å². The number of hydrogen-bond acceptors (Lipinski definition) is 4. The van der Waals surface area contributed by atoms with Crippen molar-refractivity contribution < 1.29 is 14.0 Å². The van der Waals surface area contributed by atoms with Crippen LogP contribution in [0.5, 0.6) is 0 Å². The summed E-state index contributed by atoms with van der Waals surface area (Å²) in [4.78, 5) is 33.3. The fourth-order valence-electron chi connectivity index (χ4n) is 3.35. The Morgan fingerprint density at radius 2 is 1.41 bits per heavy atom. The third-order valence-corrected chi connectivity index (χ3v) is 4.89. The van der Waals surface area contributed by atoms with Gasteiger partial charge in [0.25, 0.3) is 11.8 Å². The minimum atomic E-state index is -0.0417. The Labute approximate surface area is 157 Å². The molecule has 2 heterocycles. The van der Waals surface area contributed by atoms with Crippen molar-refractivity contribution in [3.05, 3.63) is 65.0 Å². The Kier molecular flexibility index (Phi) is 4.39. The van der Waals surface area contributed by atoms with E-state index in [0.717, 1.165) is 5.56 Å². The Morgan fingerprint density at radius 1 is 0.852 bits per heavy atom. The summed E-state index contributed by atoms with van der Waals surface area (Å²) in [6.45, 7) is 5.88. The third kappa shape index (κ3) is 3.43. The maximum Gasteiger partial charge on any atom is 0.254 e. The van der Waals surface area contributed by atoms with E-state index in [1.54, 1.807) is 34.9 Å². The SMILES string of the molecule is Cc1ccc(C(=O)N2CCN(C(=O)c3ccc4oc(C)nc4c3)CC2)cc1. The molecule has 0 aliphatic carbocycles. The second-order valence-corrected chi connectivity index (χ2v) is 6.87. The number of nitrogens with zero attached hydrogens (tertiary/aromatic N) is 3. The third-order valence-electron chi connectivity index (χ3n) is 4.89. The molecule has 2 amide bonds. The van der Waals surface area contributed by atoms with Crippen molar-refractivity contribution in [2.45, 2.75) is 13.8 Å². The molecule has 27 heavy (non-hydrogen) atoms. The summed E-state index contributed by atoms with van der Waals surface area (Å²) in [5.74, 6) is 0.555. The largest absolute Gasteiger partial charge is 0.441 e. The quantitative estimate of drug-likeness (QED) is 0.702. The smallest absolute Gasteiger partial charge is 0.254 e. The van der Waals surface area contributed by atoms with Gasteiger partial charge in [-0.2, -0.15) is 0 Å². The van der Waals surface area contributed by atoms with Crippen LogP contribution in [0.2, 0.25) is 0 Å². The molecule has 0 spiro atoms. The summed E-state index contributed by atoms with van der Waals surface area (Å²) in [5.41, 5.74) is 3.77. The fourth-order valence-corrected chi connectivity index (χ4v) is 3.35. The first kappa shape index (κ1) is 17.3. The van der Waals surface area contributed by atoms with Crippen LogP contribution in [0.25, 0.3) is 11.1 Å². The van der Waals surface area contributed by atoms with Crippen LogP contribution in [-0.4, -0.2) is 52.8 Å². The van der Waals surface area contributed by atoms with Gasteiger partial charge in [0.05, 0.1) is 0 Å². The molecule has 2 aromatic carbocycles. The zero-order chi connectivity index (χ0) is 19.0. The van der Waals surface area contributed by atoms with Crippen LogP contribution in [0.4, 0.5) is 0 Å². The highest BCUT2D eigenvalue weighted by atomic mass is 16.3. The molecule has 1 aliphatic rings. The second kappa shape index (κ2) is 6.87. The lowest BCUT2D eigenvalue weighted by Gasteiger charge is -2.34. The lowest BCUT2D eigenvalue weighted by molar-refractivity contribution is 0.0535. The van der Waals surface area contributed by atoms with Crippen molar-refractivity contribution in [3.8, 4) is 0 Å². The molecule has 0 saturated carbocycles. The van der Waals surface area contributed by atoms with Gasteiger partial charge < -0.3 is 14.2 Å². The summed E-state index contributed by atoms with van der Waals surface area (Å²) >= 11 is 0. The van der Waals surface area contributed by atoms with Crippen LogP contribution in [0, 0.1) is 13.8 Å². The predicted molar refractivity (Wildman–Crippen MR) is 102 cm³/mol. The van der Waals surface area contributed by atoms with Gasteiger partial charge in [-0.3, -0.25) is 9.59 Å². The van der Waals surface area contributed by atoms with Crippen LogP contribution >= 0.6 is 0 Å². The zero-order valence-corrected chi connectivity index (χ0v) is 15.4. The van der Waals surface area contributed by atoms with Gasteiger partial charge in [-0.1, -0.05) is 17.7 Å². The molecule has 4 rings (SSSR count). The first-order chi connectivity index (χ1) is 13.0. The van der Waals surface area contributed by atoms with E-state index in [1.807, 2.05) is 31.2 Å². The summed E-state index contributed by atoms with van der Waals surface area (Å²) in [6, 6.07) is 12.9. The zero-order valence-electron chi connectivity index (χ0n) is 15.4. The van der Waals surface area contributed by atoms with Gasteiger partial charge in [-0.05, 0) is 37.3 Å². The van der Waals surface area contributed by atoms with E-state index in [4.69, 9.17) is 4.42 Å². The lowest BCUT2D eigenvalue weighted by atomic mass is 10.1. The number of hydrogen-bond donors (Lipinski definition) is 0. The van der Waals surface area contributed by atoms with E-state index in [2.05, 4.69) is 4.98 Å². The van der Waals surface area contributed by atoms with Gasteiger partial charge in [-0.15, -0.1) is 0 Å². The van der Waals surface area contributed by atoms with Crippen molar-refractivity contribution in [1.29, 1.82) is 0 Å². The first-order valence-electron chi connectivity index (χ1n) is 9.04. The van der Waals surface area contributed by atoms with Gasteiger partial charge in [0.15, 0.2) is 11.5 Å². The number of oxazole rings is 1. The van der Waals surface area contributed by atoms with E-state index >= 15 is 0 Å². The average Bonchev–Trinajstić information content (AvgIpc) is 3.07. The summed E-state index contributed by atoms with van der Waals surface area (Å²) in [6.07, 6.45) is 0. The van der Waals surface area contributed by atoms with Gasteiger partial charge in [-0.25, -0.2) is 4.98 Å². The molecule has 6 heteroatoms. The van der Waals surface area contributed by atoms with E-state index < -0.39 is 0 Å². The molecule has 1 fully saturated rings. The molecule has 0 N–H and O–H groups in total. The molecule has 138 valence electrons. The molecule has 1 aliphatic heterocycles. The van der Waals surface area contributed by atoms with Gasteiger partial charge in [0.2, 0.25) is 0 Å². The summed E-state index contributed by atoms with van der Waals surface area (Å²) in [5, 5.41) is 0. The topological polar surface area (TPSA) is 66.7 Å². The van der Waals surface area contributed by atoms with Crippen molar-refractivity contribution >= 4 is 22.9 Å². The van der Waals surface area contributed by atoms with Crippen LogP contribution in [0.15, 0.2) is 46.9 Å². The van der Waals surface area contributed by atoms with Gasteiger partial charge >= 0.3 is 0 Å². The van der Waals surface area contributed by atoms with Crippen LogP contribution in [0.1, 0.15) is 32.2 Å². The Bertz CT molecular complexity index is 999. The molecule has 6 nitrogen and oxygen atoms in total. The van der Waals surface area contributed by atoms with E-state index in [9.17, 15) is 9.59 Å². The molecule has 0 atom stereocenters. The number of aryl methyl sites for hydroxylation is 2. The lowest BCUT2D eigenvalue weighted by Crippen LogP contribution is -2.50. The van der Waals surface area contributed by atoms with E-state index in [1.165, 1.54) is 0 Å². The van der Waals surface area contributed by atoms with Crippen LogP contribution in [0.3, 0.4) is 0 Å². The monoisotopic (exact) mass is 363 g/mol. The van der Waals surface area contributed by atoms with Crippen LogP contribution < -0.4 is 0 Å². The molecule has 1 aromatic heterocycles. The Balaban J connectivity index is 1.42. The minimum absolute atomic E-state index is 0.0154. The molecular formula is C21H21N3O3. The first-order valence-corrected chi connectivity index (χ1v) is 9.04. The maximum absolute atomic E-state index is 12.8. The van der Waals surface area contributed by atoms with Crippen molar-refractivity contribution in [2.24, 2.45) is 0 Å². The number of rotatable bonds is 2. The maximum atomic E-state index is 12.8. The number of amides is 2. The minimum Gasteiger partial charge on any atom is -0.441 e. The molecule has 0 radical (unpaired) electrons. The summed E-state index contributed by atoms with van der Waals surface area (Å²) < 4.78 is 5.46. The average molecular weight is 363 g/mol. The molecular weight excluding hydrogens is 342 g/mol. The molecule has 3 aromatic rings. The molecule has 0 unspecified atom stereocenters. The number of carbonyl (C=O) groups excluding carboxylic acids is 2. The van der Waals surface area contributed by atoms with Crippen molar-refractivity contribution in [1.82, 2.24) is 14.8 Å². The van der Waals surface area contributed by atoms with E-state index in [-0.39, 0.29) is 11.8 Å². The van der Waals surface area contributed by atoms with Crippen LogP contribution in [-0.2, 0) is 0 Å². The number of aromatic nitrogens is 1. The Morgan fingerprint density at radius 3 is 2.04 bits per heavy atom. The number of benzene rings is 2. The van der Waals surface area contributed by atoms with Gasteiger partial charge in [0, 0.05) is 44.2 Å².